The first-order valence-corrected chi connectivity index (χ1v) is 4.84. The Morgan fingerprint density at radius 3 is 2.46 bits per heavy atom. The lowest BCUT2D eigenvalue weighted by atomic mass is 10.0. The van der Waals surface area contributed by atoms with Crippen molar-refractivity contribution in [2.24, 2.45) is 0 Å². The second-order valence-electron chi connectivity index (χ2n) is 3.32. The van der Waals surface area contributed by atoms with E-state index < -0.39 is 0 Å². The highest BCUT2D eigenvalue weighted by atomic mass is 16.3. The molecule has 1 nitrogen and oxygen atoms in total. The van der Waals surface area contributed by atoms with E-state index in [4.69, 9.17) is 0 Å². The van der Waals surface area contributed by atoms with Crippen LogP contribution in [-0.2, 0) is 6.42 Å². The molecule has 0 fully saturated rings. The summed E-state index contributed by atoms with van der Waals surface area (Å²) in [4.78, 5) is 0. The molecule has 71 valence electrons. The van der Waals surface area contributed by atoms with Crippen LogP contribution < -0.4 is 0 Å². The Kier molecular flexibility index (Phi) is 4.55. The molecule has 1 aromatic carbocycles. The van der Waals surface area contributed by atoms with Gasteiger partial charge in [-0.2, -0.15) is 0 Å². The van der Waals surface area contributed by atoms with Crippen LogP contribution in [0.5, 0.6) is 0 Å². The molecule has 0 spiro atoms. The number of rotatable bonds is 5. The molecule has 1 aromatic rings. The lowest BCUT2D eigenvalue weighted by molar-refractivity contribution is 0.156. The van der Waals surface area contributed by atoms with Crippen molar-refractivity contribution in [2.45, 2.75) is 31.8 Å². The molecule has 0 aromatic heterocycles. The average Bonchev–Trinajstić information content (AvgIpc) is 2.17. The maximum Gasteiger partial charge on any atom is 0.0543 e. The Bertz CT molecular complexity index is 218. The molecule has 13 heavy (non-hydrogen) atoms. The maximum absolute atomic E-state index is 9.47. The van der Waals surface area contributed by atoms with E-state index in [0.29, 0.717) is 0 Å². The van der Waals surface area contributed by atoms with Gasteiger partial charge in [-0.15, -0.1) is 0 Å². The summed E-state index contributed by atoms with van der Waals surface area (Å²) < 4.78 is 0. The zero-order valence-corrected chi connectivity index (χ0v) is 7.95. The summed E-state index contributed by atoms with van der Waals surface area (Å²) in [5, 5.41) is 9.47. The van der Waals surface area contributed by atoms with Crippen LogP contribution in [0, 0.1) is 6.92 Å². The minimum Gasteiger partial charge on any atom is -0.393 e. The summed E-state index contributed by atoms with van der Waals surface area (Å²) in [6, 6.07) is 10.3. The predicted molar refractivity (Wildman–Crippen MR) is 55.4 cm³/mol. The van der Waals surface area contributed by atoms with E-state index in [0.717, 1.165) is 25.7 Å². The molecule has 0 saturated heterocycles. The second-order valence-corrected chi connectivity index (χ2v) is 3.32. The van der Waals surface area contributed by atoms with E-state index in [1.807, 2.05) is 18.2 Å². The molecule has 1 radical (unpaired) electrons. The van der Waals surface area contributed by atoms with Crippen LogP contribution in [0.3, 0.4) is 0 Å². The number of aryl methyl sites for hydroxylation is 1. The Morgan fingerprint density at radius 2 is 1.85 bits per heavy atom. The van der Waals surface area contributed by atoms with Crippen molar-refractivity contribution in [1.82, 2.24) is 0 Å². The molecule has 0 saturated carbocycles. The first-order valence-electron chi connectivity index (χ1n) is 4.84. The fourth-order valence-corrected chi connectivity index (χ4v) is 1.36. The molecular formula is C12H17O. The topological polar surface area (TPSA) is 20.2 Å². The Morgan fingerprint density at radius 1 is 1.15 bits per heavy atom. The maximum atomic E-state index is 9.47. The highest BCUT2D eigenvalue weighted by Gasteiger charge is 2.02. The molecule has 1 rings (SSSR count). The van der Waals surface area contributed by atoms with Crippen molar-refractivity contribution in [3.8, 4) is 0 Å². The summed E-state index contributed by atoms with van der Waals surface area (Å²) in [5.74, 6) is 0. The molecule has 0 aliphatic carbocycles. The van der Waals surface area contributed by atoms with Crippen molar-refractivity contribution in [3.05, 3.63) is 42.8 Å². The van der Waals surface area contributed by atoms with E-state index in [-0.39, 0.29) is 6.10 Å². The number of benzene rings is 1. The summed E-state index contributed by atoms with van der Waals surface area (Å²) >= 11 is 0. The van der Waals surface area contributed by atoms with Crippen LogP contribution in [0.4, 0.5) is 0 Å². The molecule has 0 bridgehead atoms. The van der Waals surface area contributed by atoms with Gasteiger partial charge in [-0.1, -0.05) is 43.7 Å². The molecule has 0 aliphatic rings. The van der Waals surface area contributed by atoms with E-state index in [1.54, 1.807) is 0 Å². The van der Waals surface area contributed by atoms with Crippen LogP contribution in [-0.4, -0.2) is 11.2 Å². The van der Waals surface area contributed by atoms with E-state index >= 15 is 0 Å². The normalized spacial score (nSPS) is 12.8. The van der Waals surface area contributed by atoms with E-state index in [9.17, 15) is 5.11 Å². The lowest BCUT2D eigenvalue weighted by Crippen LogP contribution is -2.06. The van der Waals surface area contributed by atoms with Gasteiger partial charge in [0, 0.05) is 0 Å². The van der Waals surface area contributed by atoms with Gasteiger partial charge in [0.2, 0.25) is 0 Å². The molecule has 0 amide bonds. The SMILES string of the molecule is [CH2]CCC(O)CCc1ccccc1. The largest absolute Gasteiger partial charge is 0.393 e. The fourth-order valence-electron chi connectivity index (χ4n) is 1.36. The van der Waals surface area contributed by atoms with Gasteiger partial charge in [-0.3, -0.25) is 0 Å². The molecule has 0 aliphatic heterocycles. The van der Waals surface area contributed by atoms with Crippen LogP contribution in [0.25, 0.3) is 0 Å². The summed E-state index contributed by atoms with van der Waals surface area (Å²) in [6.07, 6.45) is 3.25. The van der Waals surface area contributed by atoms with Crippen molar-refractivity contribution in [2.75, 3.05) is 0 Å². The number of aliphatic hydroxyl groups excluding tert-OH is 1. The van der Waals surface area contributed by atoms with Crippen molar-refractivity contribution < 1.29 is 5.11 Å². The number of hydrogen-bond donors (Lipinski definition) is 1. The Labute approximate surface area is 80.4 Å². The summed E-state index contributed by atoms with van der Waals surface area (Å²) in [5.41, 5.74) is 1.30. The van der Waals surface area contributed by atoms with Crippen LogP contribution in [0.15, 0.2) is 30.3 Å². The molecular weight excluding hydrogens is 160 g/mol. The van der Waals surface area contributed by atoms with Gasteiger partial charge >= 0.3 is 0 Å². The first kappa shape index (κ1) is 10.3. The molecule has 1 N–H and O–H groups in total. The van der Waals surface area contributed by atoms with Crippen LogP contribution in [0.2, 0.25) is 0 Å². The minimum absolute atomic E-state index is 0.183. The van der Waals surface area contributed by atoms with Gasteiger partial charge < -0.3 is 5.11 Å². The van der Waals surface area contributed by atoms with Crippen LogP contribution >= 0.6 is 0 Å². The third-order valence-corrected chi connectivity index (χ3v) is 2.15. The van der Waals surface area contributed by atoms with Gasteiger partial charge in [-0.25, -0.2) is 0 Å². The number of aliphatic hydroxyl groups is 1. The van der Waals surface area contributed by atoms with Crippen molar-refractivity contribution in [3.63, 3.8) is 0 Å². The zero-order chi connectivity index (χ0) is 9.52. The third kappa shape index (κ3) is 4.09. The first-order chi connectivity index (χ1) is 6.33. The van der Waals surface area contributed by atoms with Gasteiger partial charge in [-0.05, 0) is 24.8 Å². The van der Waals surface area contributed by atoms with Gasteiger partial charge in [0.15, 0.2) is 0 Å². The fraction of sp³-hybridized carbons (Fsp3) is 0.417. The van der Waals surface area contributed by atoms with Crippen LogP contribution in [0.1, 0.15) is 24.8 Å². The van der Waals surface area contributed by atoms with Gasteiger partial charge in [0.1, 0.15) is 0 Å². The Balaban J connectivity index is 2.27. The number of hydrogen-bond acceptors (Lipinski definition) is 1. The van der Waals surface area contributed by atoms with E-state index in [1.165, 1.54) is 5.56 Å². The summed E-state index contributed by atoms with van der Waals surface area (Å²) in [7, 11) is 0. The predicted octanol–water partition coefficient (Wildman–Crippen LogP) is 2.59. The smallest absolute Gasteiger partial charge is 0.0543 e. The quantitative estimate of drug-likeness (QED) is 0.733. The Hall–Kier alpha value is -0.820. The lowest BCUT2D eigenvalue weighted by Gasteiger charge is -2.08. The van der Waals surface area contributed by atoms with Crippen molar-refractivity contribution >= 4 is 0 Å². The average molecular weight is 177 g/mol. The molecule has 1 heteroatoms. The minimum atomic E-state index is -0.183. The van der Waals surface area contributed by atoms with Gasteiger partial charge in [0.25, 0.3) is 0 Å². The standard InChI is InChI=1S/C12H17O/c1-2-6-12(13)10-9-11-7-4-3-5-8-11/h3-5,7-8,12-13H,1-2,6,9-10H2. The zero-order valence-electron chi connectivity index (χ0n) is 7.95. The monoisotopic (exact) mass is 177 g/mol. The second kappa shape index (κ2) is 5.76. The molecule has 0 heterocycles. The molecule has 1 atom stereocenters. The van der Waals surface area contributed by atoms with E-state index in [2.05, 4.69) is 19.1 Å². The van der Waals surface area contributed by atoms with Crippen molar-refractivity contribution in [1.29, 1.82) is 0 Å². The highest BCUT2D eigenvalue weighted by molar-refractivity contribution is 5.14. The third-order valence-electron chi connectivity index (χ3n) is 2.15. The highest BCUT2D eigenvalue weighted by Crippen LogP contribution is 2.07. The molecule has 1 unspecified atom stereocenters. The summed E-state index contributed by atoms with van der Waals surface area (Å²) in [6.45, 7) is 3.72. The van der Waals surface area contributed by atoms with Gasteiger partial charge in [0.05, 0.1) is 6.10 Å².